The van der Waals surface area contributed by atoms with Crippen LogP contribution in [0.15, 0.2) is 11.6 Å². The molecule has 3 nitrogen and oxygen atoms in total. The Hall–Kier alpha value is -0.380. The second-order valence-electron chi connectivity index (χ2n) is 7.20. The van der Waals surface area contributed by atoms with E-state index >= 15 is 0 Å². The van der Waals surface area contributed by atoms with Gasteiger partial charge in [-0.15, -0.1) is 0 Å². The van der Waals surface area contributed by atoms with Crippen molar-refractivity contribution in [3.63, 3.8) is 0 Å². The molecule has 0 saturated heterocycles. The lowest BCUT2D eigenvalue weighted by Gasteiger charge is -2.29. The average molecular weight is 252 g/mol. The van der Waals surface area contributed by atoms with Crippen molar-refractivity contribution in [3.8, 4) is 0 Å². The number of aliphatic hydroxyl groups is 2. The molecule has 0 aromatic rings. The Morgan fingerprint density at radius 1 is 1.17 bits per heavy atom. The zero-order valence-corrected chi connectivity index (χ0v) is 11.5. The summed E-state index contributed by atoms with van der Waals surface area (Å²) in [5.74, 6) is 1.42. The smallest absolute Gasteiger partial charge is 0.0836 e. The lowest BCUT2D eigenvalue weighted by molar-refractivity contribution is -0.0790. The largest absolute Gasteiger partial charge is 0.390 e. The van der Waals surface area contributed by atoms with Gasteiger partial charge in [-0.1, -0.05) is 11.6 Å². The second-order valence-corrected chi connectivity index (χ2v) is 7.20. The van der Waals surface area contributed by atoms with Gasteiger partial charge in [-0.05, 0) is 46.0 Å². The second kappa shape index (κ2) is 4.06. The highest BCUT2D eigenvalue weighted by Crippen LogP contribution is 2.54. The van der Waals surface area contributed by atoms with Gasteiger partial charge in [-0.2, -0.15) is 0 Å². The maximum absolute atomic E-state index is 9.94. The number of aliphatic hydroxyl groups excluding tert-OH is 2. The van der Waals surface area contributed by atoms with Gasteiger partial charge in [0.25, 0.3) is 0 Å². The van der Waals surface area contributed by atoms with Crippen molar-refractivity contribution < 1.29 is 14.9 Å². The summed E-state index contributed by atoms with van der Waals surface area (Å²) < 4.78 is 6.23. The molecule has 0 amide bonds. The summed E-state index contributed by atoms with van der Waals surface area (Å²) in [6, 6.07) is 0. The molecule has 0 aromatic heterocycles. The molecule has 2 bridgehead atoms. The van der Waals surface area contributed by atoms with E-state index in [0.717, 1.165) is 12.8 Å². The third-order valence-corrected chi connectivity index (χ3v) is 4.64. The van der Waals surface area contributed by atoms with Gasteiger partial charge in [0, 0.05) is 11.8 Å². The Kier molecular flexibility index (Phi) is 2.85. The first-order chi connectivity index (χ1) is 8.35. The maximum atomic E-state index is 9.94. The van der Waals surface area contributed by atoms with Crippen LogP contribution in [0, 0.1) is 17.8 Å². The molecule has 2 saturated carbocycles. The predicted octanol–water partition coefficient (Wildman–Crippen LogP) is 1.88. The van der Waals surface area contributed by atoms with Crippen molar-refractivity contribution in [2.45, 2.75) is 63.9 Å². The molecule has 3 aliphatic carbocycles. The summed E-state index contributed by atoms with van der Waals surface area (Å²) in [5, 5.41) is 19.9. The topological polar surface area (TPSA) is 49.7 Å². The van der Waals surface area contributed by atoms with E-state index in [4.69, 9.17) is 4.74 Å². The van der Waals surface area contributed by atoms with E-state index in [0.29, 0.717) is 24.2 Å². The summed E-state index contributed by atoms with van der Waals surface area (Å²) in [4.78, 5) is 0. The van der Waals surface area contributed by atoms with Gasteiger partial charge in [-0.25, -0.2) is 0 Å². The third-order valence-electron chi connectivity index (χ3n) is 4.64. The zero-order chi connectivity index (χ0) is 13.1. The fourth-order valence-electron chi connectivity index (χ4n) is 4.09. The van der Waals surface area contributed by atoms with E-state index in [9.17, 15) is 10.2 Å². The van der Waals surface area contributed by atoms with Crippen molar-refractivity contribution in [3.05, 3.63) is 11.6 Å². The van der Waals surface area contributed by atoms with Crippen molar-refractivity contribution in [2.24, 2.45) is 17.8 Å². The van der Waals surface area contributed by atoms with Crippen LogP contribution in [0.1, 0.15) is 40.0 Å². The standard InChI is InChI=1S/C15H24O3/c1-15(2,3)18-14-10-4-8-6-11(16)12(17)7-9(5-10)13(8)14/h4,9-14,16-17H,5-7H2,1-3H3/t9-,10-,11-,12+,13+,14+/m0/s1. The maximum Gasteiger partial charge on any atom is 0.0836 e. The van der Waals surface area contributed by atoms with E-state index < -0.39 is 12.2 Å². The molecule has 0 spiro atoms. The highest BCUT2D eigenvalue weighted by molar-refractivity contribution is 5.28. The van der Waals surface area contributed by atoms with Gasteiger partial charge in [-0.3, -0.25) is 0 Å². The minimum Gasteiger partial charge on any atom is -0.390 e. The molecule has 3 rings (SSSR count). The van der Waals surface area contributed by atoms with Gasteiger partial charge in [0.05, 0.1) is 23.9 Å². The van der Waals surface area contributed by atoms with Crippen molar-refractivity contribution >= 4 is 0 Å². The highest BCUT2D eigenvalue weighted by atomic mass is 16.5. The number of hydrogen-bond acceptors (Lipinski definition) is 3. The van der Waals surface area contributed by atoms with Gasteiger partial charge in [0.2, 0.25) is 0 Å². The number of fused-ring (bicyclic) bond motifs is 1. The number of rotatable bonds is 1. The lowest BCUT2D eigenvalue weighted by Crippen LogP contribution is -2.32. The molecular formula is C15H24O3. The van der Waals surface area contributed by atoms with Crippen LogP contribution in [0.2, 0.25) is 0 Å². The predicted molar refractivity (Wildman–Crippen MR) is 69.0 cm³/mol. The molecule has 0 unspecified atom stereocenters. The average Bonchev–Trinajstić information content (AvgIpc) is 2.66. The van der Waals surface area contributed by atoms with Crippen LogP contribution in [-0.4, -0.2) is 34.1 Å². The van der Waals surface area contributed by atoms with Crippen molar-refractivity contribution in [2.75, 3.05) is 0 Å². The molecule has 3 heteroatoms. The van der Waals surface area contributed by atoms with E-state index in [-0.39, 0.29) is 11.7 Å². The molecule has 0 aromatic carbocycles. The first-order valence-corrected chi connectivity index (χ1v) is 7.10. The Labute approximate surface area is 109 Å². The number of ether oxygens (including phenoxy) is 1. The summed E-state index contributed by atoms with van der Waals surface area (Å²) >= 11 is 0. The van der Waals surface area contributed by atoms with Crippen molar-refractivity contribution in [1.29, 1.82) is 0 Å². The van der Waals surface area contributed by atoms with E-state index in [1.165, 1.54) is 5.57 Å². The minimum atomic E-state index is -0.587. The fourth-order valence-corrected chi connectivity index (χ4v) is 4.09. The Morgan fingerprint density at radius 2 is 1.89 bits per heavy atom. The molecule has 102 valence electrons. The van der Waals surface area contributed by atoms with Crippen LogP contribution in [0.3, 0.4) is 0 Å². The summed E-state index contributed by atoms with van der Waals surface area (Å²) in [6.07, 6.45) is 3.89. The Balaban J connectivity index is 1.83. The van der Waals surface area contributed by atoms with Gasteiger partial charge in [0.1, 0.15) is 0 Å². The van der Waals surface area contributed by atoms with Crippen LogP contribution >= 0.6 is 0 Å². The summed E-state index contributed by atoms with van der Waals surface area (Å²) in [5.41, 5.74) is 1.21. The molecule has 0 aliphatic heterocycles. The molecule has 3 aliphatic rings. The summed E-state index contributed by atoms with van der Waals surface area (Å²) in [7, 11) is 0. The summed E-state index contributed by atoms with van der Waals surface area (Å²) in [6.45, 7) is 6.30. The number of hydrogen-bond donors (Lipinski definition) is 2. The van der Waals surface area contributed by atoms with Gasteiger partial charge >= 0.3 is 0 Å². The molecule has 2 fully saturated rings. The Morgan fingerprint density at radius 3 is 2.56 bits per heavy atom. The Bertz CT molecular complexity index is 368. The molecular weight excluding hydrogens is 228 g/mol. The molecule has 0 radical (unpaired) electrons. The van der Waals surface area contributed by atoms with Crippen LogP contribution < -0.4 is 0 Å². The van der Waals surface area contributed by atoms with E-state index in [1.807, 2.05) is 0 Å². The van der Waals surface area contributed by atoms with E-state index in [2.05, 4.69) is 26.8 Å². The van der Waals surface area contributed by atoms with Crippen LogP contribution in [0.4, 0.5) is 0 Å². The minimum absolute atomic E-state index is 0.120. The van der Waals surface area contributed by atoms with Crippen LogP contribution in [0.5, 0.6) is 0 Å². The monoisotopic (exact) mass is 252 g/mol. The van der Waals surface area contributed by atoms with Crippen LogP contribution in [0.25, 0.3) is 0 Å². The third kappa shape index (κ3) is 2.02. The fraction of sp³-hybridized carbons (Fsp3) is 0.867. The normalized spacial score (nSPS) is 47.1. The molecule has 6 atom stereocenters. The van der Waals surface area contributed by atoms with Crippen molar-refractivity contribution in [1.82, 2.24) is 0 Å². The van der Waals surface area contributed by atoms with Gasteiger partial charge in [0.15, 0.2) is 0 Å². The van der Waals surface area contributed by atoms with E-state index in [1.54, 1.807) is 0 Å². The lowest BCUT2D eigenvalue weighted by atomic mass is 9.85. The quantitative estimate of drug-likeness (QED) is 0.701. The first-order valence-electron chi connectivity index (χ1n) is 7.10. The van der Waals surface area contributed by atoms with Gasteiger partial charge < -0.3 is 14.9 Å². The molecule has 0 heterocycles. The first kappa shape index (κ1) is 12.6. The zero-order valence-electron chi connectivity index (χ0n) is 11.5. The highest BCUT2D eigenvalue weighted by Gasteiger charge is 2.52. The van der Waals surface area contributed by atoms with Crippen LogP contribution in [-0.2, 0) is 4.74 Å². The molecule has 2 N–H and O–H groups in total. The molecule has 18 heavy (non-hydrogen) atoms. The SMILES string of the molecule is CC(C)(C)O[C@H]1[C@@H]2C3=C[C@H]1C[C@H]2C[C@@H](O)[C@@H](O)C3.